The fourth-order valence-electron chi connectivity index (χ4n) is 4.34. The van der Waals surface area contributed by atoms with Crippen LogP contribution in [0.4, 0.5) is 5.69 Å². The Hall–Kier alpha value is -3.42. The maximum atomic E-state index is 12.9. The minimum Gasteiger partial charge on any atom is -0.481 e. The van der Waals surface area contributed by atoms with E-state index in [9.17, 15) is 14.4 Å². The largest absolute Gasteiger partial charge is 0.481 e. The molecule has 1 aliphatic heterocycles. The maximum Gasteiger partial charge on any atom is 0.303 e. The lowest BCUT2D eigenvalue weighted by Gasteiger charge is -2.18. The summed E-state index contributed by atoms with van der Waals surface area (Å²) in [5.41, 5.74) is 1.89. The number of aliphatic carboxylic acids is 1. The Balaban J connectivity index is 1.24. The average molecular weight is 436 g/mol. The Morgan fingerprint density at radius 3 is 2.72 bits per heavy atom. The van der Waals surface area contributed by atoms with E-state index in [4.69, 9.17) is 14.6 Å². The van der Waals surface area contributed by atoms with Crippen LogP contribution in [0, 0.1) is 5.92 Å². The quantitative estimate of drug-likeness (QED) is 0.677. The Kier molecular flexibility index (Phi) is 5.28. The van der Waals surface area contributed by atoms with E-state index in [1.165, 1.54) is 12.8 Å². The third-order valence-corrected chi connectivity index (χ3v) is 6.25. The molecule has 0 unspecified atom stereocenters. The molecular weight excluding hydrogens is 412 g/mol. The van der Waals surface area contributed by atoms with Crippen molar-refractivity contribution in [2.45, 2.75) is 44.1 Å². The van der Waals surface area contributed by atoms with Crippen molar-refractivity contribution in [3.05, 3.63) is 47.7 Å². The number of hydrogen-bond acceptors (Lipinski definition) is 6. The topological polar surface area (TPSA) is 106 Å². The Morgan fingerprint density at radius 1 is 1.16 bits per heavy atom. The Labute approximate surface area is 185 Å². The van der Waals surface area contributed by atoms with Crippen molar-refractivity contribution in [2.24, 2.45) is 5.92 Å². The van der Waals surface area contributed by atoms with Gasteiger partial charge in [0.15, 0.2) is 11.9 Å². The zero-order valence-electron chi connectivity index (χ0n) is 17.5. The van der Waals surface area contributed by atoms with Crippen LogP contribution in [0.15, 0.2) is 36.5 Å². The summed E-state index contributed by atoms with van der Waals surface area (Å²) in [6.45, 7) is 1.16. The van der Waals surface area contributed by atoms with Crippen LogP contribution in [-0.4, -0.2) is 47.0 Å². The minimum absolute atomic E-state index is 0.0743. The molecule has 1 aromatic carbocycles. The lowest BCUT2D eigenvalue weighted by atomic mass is 9.97. The number of carboxylic acids is 1. The number of ether oxygens (including phenoxy) is 2. The molecule has 8 nitrogen and oxygen atoms in total. The first kappa shape index (κ1) is 20.5. The number of rotatable bonds is 8. The Morgan fingerprint density at radius 2 is 2.00 bits per heavy atom. The molecule has 32 heavy (non-hydrogen) atoms. The molecule has 166 valence electrons. The van der Waals surface area contributed by atoms with Crippen LogP contribution in [0.1, 0.15) is 53.9 Å². The third kappa shape index (κ3) is 4.17. The van der Waals surface area contributed by atoms with Crippen LogP contribution in [0.3, 0.4) is 0 Å². The molecule has 1 saturated heterocycles. The SMILES string of the molecule is O=C(O)C[C@H]1CC(=O)c2cc(N3CC[C@@H](Oc4ccc(OCC5CC5)nc4)C3=O)ccc21. The van der Waals surface area contributed by atoms with Crippen molar-refractivity contribution in [1.82, 2.24) is 4.98 Å². The predicted molar refractivity (Wildman–Crippen MR) is 114 cm³/mol. The number of pyridine rings is 1. The first-order valence-corrected chi connectivity index (χ1v) is 10.9. The zero-order chi connectivity index (χ0) is 22.2. The highest BCUT2D eigenvalue weighted by Gasteiger charge is 2.36. The summed E-state index contributed by atoms with van der Waals surface area (Å²) < 4.78 is 11.5. The van der Waals surface area contributed by atoms with Gasteiger partial charge in [-0.3, -0.25) is 14.4 Å². The monoisotopic (exact) mass is 436 g/mol. The van der Waals surface area contributed by atoms with Crippen LogP contribution in [0.2, 0.25) is 0 Å². The highest BCUT2D eigenvalue weighted by atomic mass is 16.5. The van der Waals surface area contributed by atoms with Gasteiger partial charge in [0.05, 0.1) is 19.2 Å². The van der Waals surface area contributed by atoms with Crippen LogP contribution in [-0.2, 0) is 9.59 Å². The second-order valence-corrected chi connectivity index (χ2v) is 8.67. The number of aromatic nitrogens is 1. The number of hydrogen-bond donors (Lipinski definition) is 1. The van der Waals surface area contributed by atoms with E-state index in [1.807, 2.05) is 0 Å². The lowest BCUT2D eigenvalue weighted by Crippen LogP contribution is -2.32. The van der Waals surface area contributed by atoms with Gasteiger partial charge in [-0.25, -0.2) is 4.98 Å². The molecule has 1 saturated carbocycles. The summed E-state index contributed by atoms with van der Waals surface area (Å²) in [5.74, 6) is 0.211. The van der Waals surface area contributed by atoms with Crippen molar-refractivity contribution < 1.29 is 29.0 Å². The van der Waals surface area contributed by atoms with Gasteiger partial charge in [-0.2, -0.15) is 0 Å². The second-order valence-electron chi connectivity index (χ2n) is 8.67. The molecule has 1 amide bonds. The van der Waals surface area contributed by atoms with Gasteiger partial charge in [-0.1, -0.05) is 6.07 Å². The number of Topliss-reactive ketones (excluding diaryl/α,β-unsaturated/α-hetero) is 1. The predicted octanol–water partition coefficient (Wildman–Crippen LogP) is 3.20. The van der Waals surface area contributed by atoms with Crippen LogP contribution in [0.5, 0.6) is 11.6 Å². The molecular formula is C24H24N2O6. The van der Waals surface area contributed by atoms with Crippen molar-refractivity contribution in [3.63, 3.8) is 0 Å². The van der Waals surface area contributed by atoms with Gasteiger partial charge in [-0.15, -0.1) is 0 Å². The summed E-state index contributed by atoms with van der Waals surface area (Å²) in [5, 5.41) is 9.07. The maximum absolute atomic E-state index is 12.9. The van der Waals surface area contributed by atoms with Crippen molar-refractivity contribution in [2.75, 3.05) is 18.1 Å². The van der Waals surface area contributed by atoms with Crippen molar-refractivity contribution >= 4 is 23.3 Å². The fraction of sp³-hybridized carbons (Fsp3) is 0.417. The van der Waals surface area contributed by atoms with E-state index in [1.54, 1.807) is 41.4 Å². The van der Waals surface area contributed by atoms with E-state index >= 15 is 0 Å². The van der Waals surface area contributed by atoms with E-state index in [-0.39, 0.29) is 30.4 Å². The Bertz CT molecular complexity index is 1060. The number of benzene rings is 1. The highest BCUT2D eigenvalue weighted by Crippen LogP contribution is 2.38. The van der Waals surface area contributed by atoms with Gasteiger partial charge in [0.1, 0.15) is 5.75 Å². The van der Waals surface area contributed by atoms with E-state index in [0.717, 1.165) is 5.56 Å². The normalized spacial score (nSPS) is 22.2. The van der Waals surface area contributed by atoms with Crippen LogP contribution in [0.25, 0.3) is 0 Å². The first-order chi connectivity index (χ1) is 15.5. The molecule has 2 atom stereocenters. The van der Waals surface area contributed by atoms with Gasteiger partial charge in [0.2, 0.25) is 5.88 Å². The highest BCUT2D eigenvalue weighted by molar-refractivity contribution is 6.04. The summed E-state index contributed by atoms with van der Waals surface area (Å²) in [6, 6.07) is 8.75. The van der Waals surface area contributed by atoms with Gasteiger partial charge in [-0.05, 0) is 42.5 Å². The van der Waals surface area contributed by atoms with E-state index in [0.29, 0.717) is 48.4 Å². The molecule has 2 heterocycles. The molecule has 5 rings (SSSR count). The van der Waals surface area contributed by atoms with Crippen molar-refractivity contribution in [1.29, 1.82) is 0 Å². The summed E-state index contributed by atoms with van der Waals surface area (Å²) in [7, 11) is 0. The second kappa shape index (κ2) is 8.26. The number of amides is 1. The number of nitrogens with zero attached hydrogens (tertiary/aromatic N) is 2. The summed E-state index contributed by atoms with van der Waals surface area (Å²) in [6.07, 6.45) is 4.00. The van der Waals surface area contributed by atoms with Crippen molar-refractivity contribution in [3.8, 4) is 11.6 Å². The number of anilines is 1. The minimum atomic E-state index is -0.925. The molecule has 1 aromatic heterocycles. The van der Waals surface area contributed by atoms with Gasteiger partial charge in [0, 0.05) is 42.6 Å². The van der Waals surface area contributed by atoms with E-state index < -0.39 is 12.1 Å². The van der Waals surface area contributed by atoms with Crippen LogP contribution < -0.4 is 14.4 Å². The zero-order valence-corrected chi connectivity index (χ0v) is 17.5. The molecule has 0 radical (unpaired) electrons. The number of carbonyl (C=O) groups excluding carboxylic acids is 2. The number of carbonyl (C=O) groups is 3. The van der Waals surface area contributed by atoms with Crippen LogP contribution >= 0.6 is 0 Å². The lowest BCUT2D eigenvalue weighted by molar-refractivity contribution is -0.137. The number of fused-ring (bicyclic) bond motifs is 1. The first-order valence-electron chi connectivity index (χ1n) is 10.9. The molecule has 3 aliphatic rings. The average Bonchev–Trinajstić information content (AvgIpc) is 3.48. The summed E-state index contributed by atoms with van der Waals surface area (Å²) in [4.78, 5) is 42.3. The number of carboxylic acid groups (broad SMARTS) is 1. The smallest absolute Gasteiger partial charge is 0.303 e. The van der Waals surface area contributed by atoms with Gasteiger partial charge >= 0.3 is 5.97 Å². The van der Waals surface area contributed by atoms with Gasteiger partial charge in [0.25, 0.3) is 5.91 Å². The molecule has 8 heteroatoms. The van der Waals surface area contributed by atoms with Gasteiger partial charge < -0.3 is 19.5 Å². The molecule has 1 N–H and O–H groups in total. The molecule has 0 bridgehead atoms. The molecule has 2 fully saturated rings. The molecule has 2 aliphatic carbocycles. The summed E-state index contributed by atoms with van der Waals surface area (Å²) >= 11 is 0. The fourth-order valence-corrected chi connectivity index (χ4v) is 4.34. The standard InChI is InChI=1S/C24H24N2O6/c27-20-9-15(10-23(28)29)18-5-3-16(11-19(18)20)26-8-7-21(24(26)30)32-17-4-6-22(25-12-17)31-13-14-1-2-14/h3-6,11-12,14-15,21H,1-2,7-10,13H2,(H,28,29)/t15-,21-/m1/s1. The molecule has 2 aromatic rings. The number of ketones is 1. The third-order valence-electron chi connectivity index (χ3n) is 6.25. The van der Waals surface area contributed by atoms with E-state index in [2.05, 4.69) is 4.98 Å². The molecule has 0 spiro atoms.